The average Bonchev–Trinajstić information content (AvgIpc) is 3.46. The second-order valence-corrected chi connectivity index (χ2v) is 14.5. The van der Waals surface area contributed by atoms with Crippen LogP contribution in [0.25, 0.3) is 0 Å². The molecule has 1 spiro atoms. The maximum atomic E-state index is 15.7. The van der Waals surface area contributed by atoms with Gasteiger partial charge in [0, 0.05) is 27.6 Å². The summed E-state index contributed by atoms with van der Waals surface area (Å²) < 4.78 is 21.6. The van der Waals surface area contributed by atoms with Gasteiger partial charge < -0.3 is 9.30 Å². The fourth-order valence-corrected chi connectivity index (χ4v) is 12.9. The van der Waals surface area contributed by atoms with E-state index < -0.39 is 7.14 Å². The molecule has 3 heteroatoms. The van der Waals surface area contributed by atoms with Gasteiger partial charge in [0.15, 0.2) is 0 Å². The molecule has 0 unspecified atom stereocenters. The van der Waals surface area contributed by atoms with Crippen LogP contribution in [0, 0.1) is 0 Å². The Hall–Kier alpha value is -1.53. The van der Waals surface area contributed by atoms with Crippen LogP contribution < -0.4 is 10.0 Å². The maximum absolute atomic E-state index is 15.7. The van der Waals surface area contributed by atoms with Crippen LogP contribution in [0.15, 0.2) is 36.4 Å². The molecule has 0 heterocycles. The predicted octanol–water partition coefficient (Wildman–Crippen LogP) is 7.53. The molecule has 176 valence electrons. The monoisotopic (exact) mass is 462 g/mol. The zero-order valence-corrected chi connectivity index (χ0v) is 21.2. The number of fused-ring (bicyclic) bond motifs is 4. The van der Waals surface area contributed by atoms with Crippen molar-refractivity contribution in [3.05, 3.63) is 58.7 Å². The van der Waals surface area contributed by atoms with Gasteiger partial charge in [0.1, 0.15) is 12.9 Å². The first-order valence-corrected chi connectivity index (χ1v) is 15.4. The molecule has 4 aliphatic carbocycles. The third-order valence-corrected chi connectivity index (χ3v) is 14.0. The number of hydrogen-bond donors (Lipinski definition) is 0. The van der Waals surface area contributed by atoms with Crippen molar-refractivity contribution in [1.29, 1.82) is 0 Å². The molecule has 2 saturated carbocycles. The highest BCUT2D eigenvalue weighted by Gasteiger charge is 2.52. The topological polar surface area (TPSA) is 26.3 Å². The lowest BCUT2D eigenvalue weighted by Gasteiger charge is -2.41. The molecule has 0 aromatic heterocycles. The smallest absolute Gasteiger partial charge is 0.123 e. The van der Waals surface area contributed by atoms with Crippen LogP contribution in [0.2, 0.25) is 0 Å². The summed E-state index contributed by atoms with van der Waals surface area (Å²) >= 11 is 0. The molecule has 0 N–H and O–H groups in total. The van der Waals surface area contributed by atoms with Gasteiger partial charge >= 0.3 is 0 Å². The highest BCUT2D eigenvalue weighted by Crippen LogP contribution is 2.65. The SMILES string of the molecule is COc1cccc2c1[C@@]1(CC2)CCc2cccc(P(=O)(C3CCCCC3)C3CCCCC3)c21. The number of aryl methyl sites for hydroxylation is 2. The molecule has 6 rings (SSSR count). The Bertz CT molecular complexity index is 1050. The molecule has 0 aliphatic heterocycles. The normalized spacial score (nSPS) is 25.8. The standard InChI is InChI=1S/C30H39O2P/c1-32-26-16-8-10-22-18-20-30(28(22)26)21-19-23-11-9-17-27(29(23)30)33(31,24-12-4-2-5-13-24)25-14-6-3-7-15-25/h8-11,16-17,24-25H,2-7,12-15,18-21H2,1H3/t30-/m1/s1. The third kappa shape index (κ3) is 3.30. The highest BCUT2D eigenvalue weighted by molar-refractivity contribution is 7.73. The van der Waals surface area contributed by atoms with Crippen molar-refractivity contribution in [2.24, 2.45) is 0 Å². The van der Waals surface area contributed by atoms with Crippen molar-refractivity contribution >= 4 is 12.4 Å². The van der Waals surface area contributed by atoms with E-state index in [0.717, 1.165) is 31.4 Å². The van der Waals surface area contributed by atoms with E-state index in [-0.39, 0.29) is 5.41 Å². The summed E-state index contributed by atoms with van der Waals surface area (Å²) in [6.07, 6.45) is 16.9. The first kappa shape index (κ1) is 22.0. The quantitative estimate of drug-likeness (QED) is 0.439. The number of ether oxygens (including phenoxy) is 1. The van der Waals surface area contributed by atoms with Gasteiger partial charge in [0.2, 0.25) is 0 Å². The Labute approximate surface area is 199 Å². The van der Waals surface area contributed by atoms with Gasteiger partial charge in [-0.25, -0.2) is 0 Å². The first-order chi connectivity index (χ1) is 16.2. The Kier molecular flexibility index (Phi) is 5.72. The summed E-state index contributed by atoms with van der Waals surface area (Å²) in [6.45, 7) is 0. The fraction of sp³-hybridized carbons (Fsp3) is 0.600. The molecule has 2 nitrogen and oxygen atoms in total. The summed E-state index contributed by atoms with van der Waals surface area (Å²) in [7, 11) is -0.701. The van der Waals surface area contributed by atoms with Crippen LogP contribution >= 0.6 is 7.14 Å². The predicted molar refractivity (Wildman–Crippen MR) is 138 cm³/mol. The van der Waals surface area contributed by atoms with Crippen molar-refractivity contribution < 1.29 is 9.30 Å². The molecule has 0 bridgehead atoms. The van der Waals surface area contributed by atoms with Gasteiger partial charge in [-0.15, -0.1) is 0 Å². The van der Waals surface area contributed by atoms with Crippen LogP contribution in [-0.4, -0.2) is 18.4 Å². The minimum atomic E-state index is -2.52. The van der Waals surface area contributed by atoms with Crippen molar-refractivity contribution in [1.82, 2.24) is 0 Å². The molecule has 2 fully saturated rings. The lowest BCUT2D eigenvalue weighted by Crippen LogP contribution is -2.35. The Morgan fingerprint density at radius 3 is 1.88 bits per heavy atom. The largest absolute Gasteiger partial charge is 0.496 e. The van der Waals surface area contributed by atoms with Crippen LogP contribution in [0.4, 0.5) is 0 Å². The van der Waals surface area contributed by atoms with E-state index in [2.05, 4.69) is 36.4 Å². The van der Waals surface area contributed by atoms with Crippen molar-refractivity contribution in [3.8, 4) is 5.75 Å². The minimum absolute atomic E-state index is 0.00709. The zero-order chi connectivity index (χ0) is 22.5. The van der Waals surface area contributed by atoms with Gasteiger partial charge in [-0.05, 0) is 74.1 Å². The summed E-state index contributed by atoms with van der Waals surface area (Å²) in [4.78, 5) is 0. The molecule has 1 atom stereocenters. The van der Waals surface area contributed by atoms with Gasteiger partial charge in [-0.3, -0.25) is 0 Å². The van der Waals surface area contributed by atoms with Gasteiger partial charge in [-0.1, -0.05) is 68.9 Å². The van der Waals surface area contributed by atoms with E-state index in [4.69, 9.17) is 4.74 Å². The summed E-state index contributed by atoms with van der Waals surface area (Å²) in [6, 6.07) is 13.5. The van der Waals surface area contributed by atoms with E-state index in [1.165, 1.54) is 91.8 Å². The van der Waals surface area contributed by atoms with Crippen molar-refractivity contribution in [2.45, 2.75) is 107 Å². The molecule has 0 radical (unpaired) electrons. The molecular weight excluding hydrogens is 423 g/mol. The molecular formula is C30H39O2P. The number of hydrogen-bond acceptors (Lipinski definition) is 2. The van der Waals surface area contributed by atoms with Gasteiger partial charge in [-0.2, -0.15) is 0 Å². The van der Waals surface area contributed by atoms with Gasteiger partial charge in [0.05, 0.1) is 7.11 Å². The lowest BCUT2D eigenvalue weighted by atomic mass is 9.76. The Balaban J connectivity index is 1.56. The van der Waals surface area contributed by atoms with Crippen LogP contribution in [0.1, 0.15) is 99.3 Å². The summed E-state index contributed by atoms with van der Waals surface area (Å²) in [5.41, 5.74) is 6.60. The zero-order valence-electron chi connectivity index (χ0n) is 20.3. The number of benzene rings is 2. The van der Waals surface area contributed by atoms with Crippen molar-refractivity contribution in [2.75, 3.05) is 7.11 Å². The van der Waals surface area contributed by atoms with E-state index in [0.29, 0.717) is 11.3 Å². The van der Waals surface area contributed by atoms with E-state index in [1.54, 1.807) is 0 Å². The number of rotatable bonds is 4. The fourth-order valence-electron chi connectivity index (χ4n) is 8.20. The van der Waals surface area contributed by atoms with E-state index in [9.17, 15) is 0 Å². The summed E-state index contributed by atoms with van der Waals surface area (Å²) in [5, 5.41) is 1.30. The minimum Gasteiger partial charge on any atom is -0.496 e. The van der Waals surface area contributed by atoms with Gasteiger partial charge in [0.25, 0.3) is 0 Å². The molecule has 33 heavy (non-hydrogen) atoms. The molecule has 4 aliphatic rings. The summed E-state index contributed by atoms with van der Waals surface area (Å²) in [5.74, 6) is 1.04. The highest BCUT2D eigenvalue weighted by atomic mass is 31.2. The second kappa shape index (κ2) is 8.60. The maximum Gasteiger partial charge on any atom is 0.123 e. The number of methoxy groups -OCH3 is 1. The molecule has 0 amide bonds. The Morgan fingerprint density at radius 2 is 1.30 bits per heavy atom. The van der Waals surface area contributed by atoms with E-state index >= 15 is 4.57 Å². The van der Waals surface area contributed by atoms with Crippen LogP contribution in [0.3, 0.4) is 0 Å². The molecule has 2 aromatic carbocycles. The van der Waals surface area contributed by atoms with Crippen LogP contribution in [0.5, 0.6) is 5.75 Å². The second-order valence-electron chi connectivity index (χ2n) is 11.2. The molecule has 2 aromatic rings. The van der Waals surface area contributed by atoms with E-state index in [1.807, 2.05) is 7.11 Å². The first-order valence-electron chi connectivity index (χ1n) is 13.6. The third-order valence-electron chi connectivity index (χ3n) is 9.67. The van der Waals surface area contributed by atoms with Crippen molar-refractivity contribution in [3.63, 3.8) is 0 Å². The van der Waals surface area contributed by atoms with Crippen LogP contribution in [-0.2, 0) is 22.8 Å². The Morgan fingerprint density at radius 1 is 0.758 bits per heavy atom. The average molecular weight is 463 g/mol. The lowest BCUT2D eigenvalue weighted by molar-refractivity contribution is 0.394. The molecule has 0 saturated heterocycles.